The minimum atomic E-state index is -3.96. The van der Waals surface area contributed by atoms with E-state index in [0.29, 0.717) is 0 Å². The maximum atomic E-state index is 11.6. The summed E-state index contributed by atoms with van der Waals surface area (Å²) in [5.74, 6) is -2.76. The van der Waals surface area contributed by atoms with Crippen LogP contribution >= 0.6 is 0 Å². The second-order valence-corrected chi connectivity index (χ2v) is 5.56. The monoisotopic (exact) mass is 290 g/mol. The van der Waals surface area contributed by atoms with E-state index in [4.69, 9.17) is 14.7 Å². The number of hydrogen-bond donors (Lipinski definition) is 3. The van der Waals surface area contributed by atoms with Crippen LogP contribution < -0.4 is 10.5 Å². The lowest BCUT2D eigenvalue weighted by Crippen LogP contribution is -2.31. The van der Waals surface area contributed by atoms with E-state index in [-0.39, 0.29) is 23.0 Å². The molecular formula is C10H14N2O6S. The van der Waals surface area contributed by atoms with Crippen molar-refractivity contribution in [2.75, 3.05) is 6.54 Å². The van der Waals surface area contributed by atoms with Crippen LogP contribution in [0.2, 0.25) is 0 Å². The van der Waals surface area contributed by atoms with E-state index >= 15 is 0 Å². The van der Waals surface area contributed by atoms with E-state index in [0.717, 1.165) is 6.07 Å². The van der Waals surface area contributed by atoms with Crippen molar-refractivity contribution in [2.45, 2.75) is 18.7 Å². The van der Waals surface area contributed by atoms with Crippen molar-refractivity contribution in [1.29, 1.82) is 0 Å². The molecule has 0 aliphatic rings. The van der Waals surface area contributed by atoms with Gasteiger partial charge in [-0.3, -0.25) is 9.59 Å². The standard InChI is InChI=1S/C10H14N2O6S/c1-5(10(14)15)4-12-9(13)7-3-8(6(2)18-7)19(11,16)17/h3,5H,4H2,1-2H3,(H,12,13)(H,14,15)(H2,11,16,17). The van der Waals surface area contributed by atoms with E-state index in [1.54, 1.807) is 0 Å². The zero-order valence-corrected chi connectivity index (χ0v) is 11.2. The van der Waals surface area contributed by atoms with E-state index < -0.39 is 27.8 Å². The molecule has 0 fully saturated rings. The molecule has 0 aromatic carbocycles. The number of sulfonamides is 1. The van der Waals surface area contributed by atoms with Crippen molar-refractivity contribution in [3.8, 4) is 0 Å². The summed E-state index contributed by atoms with van der Waals surface area (Å²) in [5.41, 5.74) is 0. The third kappa shape index (κ3) is 3.80. The summed E-state index contributed by atoms with van der Waals surface area (Å²) >= 11 is 0. The Labute approximate surface area is 109 Å². The molecule has 1 aromatic heterocycles. The molecule has 1 atom stereocenters. The van der Waals surface area contributed by atoms with Crippen LogP contribution in [0.15, 0.2) is 15.4 Å². The van der Waals surface area contributed by atoms with Gasteiger partial charge in [0.15, 0.2) is 5.76 Å². The van der Waals surface area contributed by atoms with Gasteiger partial charge in [-0.15, -0.1) is 0 Å². The summed E-state index contributed by atoms with van der Waals surface area (Å²) in [7, 11) is -3.96. The maximum Gasteiger partial charge on any atom is 0.308 e. The third-order valence-corrected chi connectivity index (χ3v) is 3.41. The fourth-order valence-electron chi connectivity index (χ4n) is 1.28. The van der Waals surface area contributed by atoms with Gasteiger partial charge in [-0.25, -0.2) is 13.6 Å². The first kappa shape index (κ1) is 15.2. The van der Waals surface area contributed by atoms with Crippen molar-refractivity contribution in [2.24, 2.45) is 11.1 Å². The second-order valence-electron chi connectivity index (χ2n) is 4.03. The molecule has 8 nitrogen and oxygen atoms in total. The first-order chi connectivity index (χ1) is 8.62. The van der Waals surface area contributed by atoms with Gasteiger partial charge < -0.3 is 14.8 Å². The molecule has 0 bridgehead atoms. The molecule has 1 unspecified atom stereocenters. The molecule has 1 rings (SSSR count). The highest BCUT2D eigenvalue weighted by Gasteiger charge is 2.21. The molecule has 0 saturated heterocycles. The number of carbonyl (C=O) groups is 2. The number of carboxylic acid groups (broad SMARTS) is 1. The molecule has 1 amide bonds. The Morgan fingerprint density at radius 2 is 2.11 bits per heavy atom. The van der Waals surface area contributed by atoms with Crippen LogP contribution in [0.5, 0.6) is 0 Å². The van der Waals surface area contributed by atoms with Crippen molar-refractivity contribution < 1.29 is 27.5 Å². The van der Waals surface area contributed by atoms with Gasteiger partial charge in [0.25, 0.3) is 5.91 Å². The average Bonchev–Trinajstić information content (AvgIpc) is 2.67. The fourth-order valence-corrected chi connectivity index (χ4v) is 1.99. The normalized spacial score (nSPS) is 13.0. The molecule has 0 aliphatic heterocycles. The van der Waals surface area contributed by atoms with E-state index in [2.05, 4.69) is 5.32 Å². The third-order valence-electron chi connectivity index (χ3n) is 2.39. The topological polar surface area (TPSA) is 140 Å². The molecule has 9 heteroatoms. The molecule has 19 heavy (non-hydrogen) atoms. The minimum Gasteiger partial charge on any atom is -0.481 e. The van der Waals surface area contributed by atoms with Crippen molar-refractivity contribution >= 4 is 21.9 Å². The van der Waals surface area contributed by atoms with Gasteiger partial charge in [0.2, 0.25) is 10.0 Å². The fraction of sp³-hybridized carbons (Fsp3) is 0.400. The van der Waals surface area contributed by atoms with Crippen LogP contribution in [0, 0.1) is 12.8 Å². The number of nitrogens with one attached hydrogen (secondary N) is 1. The molecule has 0 radical (unpaired) electrons. The van der Waals surface area contributed by atoms with Gasteiger partial charge in [-0.1, -0.05) is 6.92 Å². The van der Waals surface area contributed by atoms with E-state index in [1.807, 2.05) is 0 Å². The minimum absolute atomic E-state index is 0.000988. The average molecular weight is 290 g/mol. The Balaban J connectivity index is 2.82. The number of nitrogens with two attached hydrogens (primary N) is 1. The SMILES string of the molecule is Cc1oc(C(=O)NCC(C)C(=O)O)cc1S(N)(=O)=O. The number of furan rings is 1. The number of aliphatic carboxylic acids is 1. The van der Waals surface area contributed by atoms with Gasteiger partial charge >= 0.3 is 5.97 Å². The quantitative estimate of drug-likeness (QED) is 0.679. The summed E-state index contributed by atoms with van der Waals surface area (Å²) in [4.78, 5) is 21.9. The number of aryl methyl sites for hydroxylation is 1. The van der Waals surface area contributed by atoms with Gasteiger partial charge in [0.1, 0.15) is 10.7 Å². The predicted octanol–water partition coefficient (Wildman–Crippen LogP) is -0.314. The first-order valence-electron chi connectivity index (χ1n) is 5.27. The number of rotatable bonds is 5. The molecule has 106 valence electrons. The van der Waals surface area contributed by atoms with Gasteiger partial charge in [-0.05, 0) is 6.92 Å². The van der Waals surface area contributed by atoms with Crippen LogP contribution in [0.4, 0.5) is 0 Å². The smallest absolute Gasteiger partial charge is 0.308 e. The lowest BCUT2D eigenvalue weighted by Gasteiger charge is -2.06. The first-order valence-corrected chi connectivity index (χ1v) is 6.81. The van der Waals surface area contributed by atoms with Gasteiger partial charge in [0.05, 0.1) is 5.92 Å². The predicted molar refractivity (Wildman–Crippen MR) is 64.0 cm³/mol. The Bertz CT molecular complexity index is 604. The van der Waals surface area contributed by atoms with Crippen LogP contribution in [0.3, 0.4) is 0 Å². The number of carbonyl (C=O) groups excluding carboxylic acids is 1. The number of hydrogen-bond acceptors (Lipinski definition) is 5. The number of carboxylic acids is 1. The molecule has 0 spiro atoms. The number of primary sulfonamides is 1. The lowest BCUT2D eigenvalue weighted by molar-refractivity contribution is -0.140. The molecule has 0 aliphatic carbocycles. The highest BCUT2D eigenvalue weighted by molar-refractivity contribution is 7.89. The van der Waals surface area contributed by atoms with E-state index in [1.165, 1.54) is 13.8 Å². The second kappa shape index (κ2) is 5.41. The Kier molecular flexibility index (Phi) is 4.32. The highest BCUT2D eigenvalue weighted by Crippen LogP contribution is 2.18. The van der Waals surface area contributed by atoms with Gasteiger partial charge in [-0.2, -0.15) is 0 Å². The molecule has 0 saturated carbocycles. The summed E-state index contributed by atoms with van der Waals surface area (Å²) in [6.07, 6.45) is 0. The van der Waals surface area contributed by atoms with Crippen LogP contribution in [-0.2, 0) is 14.8 Å². The van der Waals surface area contributed by atoms with Crippen LogP contribution in [-0.4, -0.2) is 31.9 Å². The maximum absolute atomic E-state index is 11.6. The number of amides is 1. The molecule has 4 N–H and O–H groups in total. The zero-order valence-electron chi connectivity index (χ0n) is 10.3. The Morgan fingerprint density at radius 1 is 1.53 bits per heavy atom. The van der Waals surface area contributed by atoms with Crippen LogP contribution in [0.25, 0.3) is 0 Å². The zero-order chi connectivity index (χ0) is 14.8. The Morgan fingerprint density at radius 3 is 2.53 bits per heavy atom. The molecule has 1 aromatic rings. The highest BCUT2D eigenvalue weighted by atomic mass is 32.2. The summed E-state index contributed by atoms with van der Waals surface area (Å²) in [6.45, 7) is 2.68. The van der Waals surface area contributed by atoms with Crippen LogP contribution in [0.1, 0.15) is 23.2 Å². The largest absolute Gasteiger partial charge is 0.481 e. The van der Waals surface area contributed by atoms with E-state index in [9.17, 15) is 18.0 Å². The van der Waals surface area contributed by atoms with Crippen molar-refractivity contribution in [1.82, 2.24) is 5.32 Å². The summed E-state index contributed by atoms with van der Waals surface area (Å²) in [6, 6.07) is 1.01. The van der Waals surface area contributed by atoms with Gasteiger partial charge in [0, 0.05) is 12.6 Å². The Hall–Kier alpha value is -1.87. The lowest BCUT2D eigenvalue weighted by atomic mass is 10.2. The van der Waals surface area contributed by atoms with Crippen molar-refractivity contribution in [3.05, 3.63) is 17.6 Å². The molecular weight excluding hydrogens is 276 g/mol. The summed E-state index contributed by atoms with van der Waals surface area (Å²) < 4.78 is 27.3. The van der Waals surface area contributed by atoms with Crippen molar-refractivity contribution in [3.63, 3.8) is 0 Å². The molecule has 1 heterocycles. The summed E-state index contributed by atoms with van der Waals surface area (Å²) in [5, 5.41) is 15.9.